The van der Waals surface area contributed by atoms with E-state index in [0.717, 1.165) is 10.0 Å². The Bertz CT molecular complexity index is 682. The molecule has 0 spiro atoms. The first-order valence-electron chi connectivity index (χ1n) is 5.10. The first kappa shape index (κ1) is 13.6. The summed E-state index contributed by atoms with van der Waals surface area (Å²) < 4.78 is 25.1. The number of rotatable bonds is 3. The molecule has 0 saturated heterocycles. The summed E-state index contributed by atoms with van der Waals surface area (Å²) in [6.07, 6.45) is 1.44. The molecule has 0 radical (unpaired) electrons. The van der Waals surface area contributed by atoms with E-state index in [1.165, 1.54) is 6.20 Å². The van der Waals surface area contributed by atoms with Crippen molar-refractivity contribution in [3.63, 3.8) is 0 Å². The third-order valence-corrected chi connectivity index (χ3v) is 4.45. The van der Waals surface area contributed by atoms with Gasteiger partial charge in [-0.2, -0.15) is 0 Å². The average Bonchev–Trinajstić information content (AvgIpc) is 2.63. The fourth-order valence-electron chi connectivity index (χ4n) is 1.57. The van der Waals surface area contributed by atoms with Gasteiger partial charge in [-0.05, 0) is 18.6 Å². The molecule has 0 bridgehead atoms. The second-order valence-corrected chi connectivity index (χ2v) is 7.15. The Morgan fingerprint density at radius 3 is 2.61 bits per heavy atom. The maximum atomic E-state index is 11.2. The van der Waals surface area contributed by atoms with Gasteiger partial charge in [0.2, 0.25) is 0 Å². The van der Waals surface area contributed by atoms with Crippen molar-refractivity contribution in [3.05, 3.63) is 46.3 Å². The van der Waals surface area contributed by atoms with Gasteiger partial charge in [-0.15, -0.1) is 0 Å². The van der Waals surface area contributed by atoms with Crippen LogP contribution in [-0.2, 0) is 15.6 Å². The third-order valence-electron chi connectivity index (χ3n) is 2.50. The molecule has 0 aliphatic rings. The highest BCUT2D eigenvalue weighted by molar-refractivity contribution is 9.10. The number of hydrogen-bond donors (Lipinski definition) is 0. The molecule has 1 aromatic carbocycles. The quantitative estimate of drug-likeness (QED) is 0.801. The van der Waals surface area contributed by atoms with Crippen molar-refractivity contribution in [1.82, 2.24) is 9.55 Å². The molecule has 1 heterocycles. The van der Waals surface area contributed by atoms with Gasteiger partial charge in [-0.3, -0.25) is 0 Å². The van der Waals surface area contributed by atoms with Crippen LogP contribution in [0.15, 0.2) is 40.0 Å². The fourth-order valence-corrected chi connectivity index (χ4v) is 2.69. The Balaban J connectivity index is 2.37. The number of benzene rings is 1. The van der Waals surface area contributed by atoms with E-state index in [0.29, 0.717) is 12.4 Å². The van der Waals surface area contributed by atoms with E-state index >= 15 is 0 Å². The van der Waals surface area contributed by atoms with Crippen molar-refractivity contribution < 1.29 is 8.42 Å². The Kier molecular flexibility index (Phi) is 3.79. The molecule has 0 aliphatic carbocycles. The van der Waals surface area contributed by atoms with Crippen LogP contribution in [-0.4, -0.2) is 18.0 Å². The van der Waals surface area contributed by atoms with Crippen molar-refractivity contribution in [2.75, 3.05) is 0 Å². The lowest BCUT2D eigenvalue weighted by Gasteiger charge is -2.06. The second kappa shape index (κ2) is 5.03. The minimum atomic E-state index is -3.78. The predicted molar refractivity (Wildman–Crippen MR) is 73.2 cm³/mol. The third kappa shape index (κ3) is 2.93. The lowest BCUT2D eigenvalue weighted by molar-refractivity contribution is 0.606. The smallest absolute Gasteiger partial charge is 0.280 e. The zero-order valence-corrected chi connectivity index (χ0v) is 12.6. The van der Waals surface area contributed by atoms with E-state index in [-0.39, 0.29) is 5.03 Å². The summed E-state index contributed by atoms with van der Waals surface area (Å²) in [7, 11) is 1.49. The summed E-state index contributed by atoms with van der Waals surface area (Å²) in [5.74, 6) is 0.602. The van der Waals surface area contributed by atoms with Crippen molar-refractivity contribution >= 4 is 35.7 Å². The summed E-state index contributed by atoms with van der Waals surface area (Å²) in [5.41, 5.74) is 1.04. The largest absolute Gasteiger partial charge is 0.329 e. The van der Waals surface area contributed by atoms with E-state index in [4.69, 9.17) is 10.7 Å². The molecule has 18 heavy (non-hydrogen) atoms. The molecule has 0 aliphatic heterocycles. The monoisotopic (exact) mass is 348 g/mol. The van der Waals surface area contributed by atoms with Crippen LogP contribution < -0.4 is 0 Å². The molecule has 0 saturated carbocycles. The first-order valence-corrected chi connectivity index (χ1v) is 8.20. The molecule has 0 atom stereocenters. The van der Waals surface area contributed by atoms with Gasteiger partial charge in [0.1, 0.15) is 5.82 Å². The molecule has 0 fully saturated rings. The van der Waals surface area contributed by atoms with Crippen molar-refractivity contribution in [1.29, 1.82) is 0 Å². The zero-order valence-electron chi connectivity index (χ0n) is 9.47. The van der Waals surface area contributed by atoms with Gasteiger partial charge in [-0.1, -0.05) is 34.1 Å². The molecular weight excluding hydrogens is 340 g/mol. The summed E-state index contributed by atoms with van der Waals surface area (Å²) in [5, 5.41) is -0.117. The van der Waals surface area contributed by atoms with E-state index in [1.54, 1.807) is 11.5 Å². The van der Waals surface area contributed by atoms with Crippen LogP contribution in [0.2, 0.25) is 0 Å². The number of aromatic nitrogens is 2. The fraction of sp³-hybridized carbons (Fsp3) is 0.182. The molecule has 7 heteroatoms. The summed E-state index contributed by atoms with van der Waals surface area (Å²) >= 11 is 3.45. The van der Waals surface area contributed by atoms with Gasteiger partial charge in [0.25, 0.3) is 9.05 Å². The molecule has 2 rings (SSSR count). The average molecular weight is 350 g/mol. The Morgan fingerprint density at radius 2 is 2.06 bits per heavy atom. The molecule has 0 N–H and O–H groups in total. The van der Waals surface area contributed by atoms with Crippen molar-refractivity contribution in [2.24, 2.45) is 0 Å². The highest BCUT2D eigenvalue weighted by atomic mass is 79.9. The van der Waals surface area contributed by atoms with E-state index in [1.807, 2.05) is 24.3 Å². The van der Waals surface area contributed by atoms with Crippen molar-refractivity contribution in [2.45, 2.75) is 18.5 Å². The van der Waals surface area contributed by atoms with E-state index in [9.17, 15) is 8.42 Å². The number of imidazole rings is 1. The first-order chi connectivity index (χ1) is 8.38. The minimum absolute atomic E-state index is 0.117. The maximum Gasteiger partial charge on any atom is 0.280 e. The van der Waals surface area contributed by atoms with Crippen LogP contribution in [0.5, 0.6) is 0 Å². The van der Waals surface area contributed by atoms with Crippen LogP contribution in [0, 0.1) is 6.92 Å². The standard InChI is InChI=1S/C11H10BrClN2O2S/c1-8-14-11(18(13,16)17)7-15(8)6-9-4-2-3-5-10(9)12/h2-5,7H,6H2,1H3. The van der Waals surface area contributed by atoms with Crippen LogP contribution in [0.4, 0.5) is 0 Å². The summed E-state index contributed by atoms with van der Waals surface area (Å²) in [6.45, 7) is 2.27. The lowest BCUT2D eigenvalue weighted by Crippen LogP contribution is -2.01. The molecule has 4 nitrogen and oxygen atoms in total. The van der Waals surface area contributed by atoms with Gasteiger partial charge in [0, 0.05) is 27.9 Å². The van der Waals surface area contributed by atoms with Gasteiger partial charge < -0.3 is 4.57 Å². The van der Waals surface area contributed by atoms with Crippen LogP contribution >= 0.6 is 26.6 Å². The number of nitrogens with zero attached hydrogens (tertiary/aromatic N) is 2. The Morgan fingerprint density at radius 1 is 1.39 bits per heavy atom. The molecule has 0 unspecified atom stereocenters. The zero-order chi connectivity index (χ0) is 13.3. The molecule has 2 aromatic rings. The van der Waals surface area contributed by atoms with Gasteiger partial charge in [0.15, 0.2) is 5.03 Å². The highest BCUT2D eigenvalue weighted by Crippen LogP contribution is 2.20. The van der Waals surface area contributed by atoms with Crippen LogP contribution in [0.1, 0.15) is 11.4 Å². The van der Waals surface area contributed by atoms with E-state index < -0.39 is 9.05 Å². The second-order valence-electron chi connectivity index (χ2n) is 3.78. The molecular formula is C11H10BrClN2O2S. The molecule has 1 aromatic heterocycles. The topological polar surface area (TPSA) is 52.0 Å². The van der Waals surface area contributed by atoms with E-state index in [2.05, 4.69) is 20.9 Å². The van der Waals surface area contributed by atoms with Crippen LogP contribution in [0.3, 0.4) is 0 Å². The normalized spacial score (nSPS) is 11.7. The summed E-state index contributed by atoms with van der Waals surface area (Å²) in [6, 6.07) is 7.73. The van der Waals surface area contributed by atoms with Crippen molar-refractivity contribution in [3.8, 4) is 0 Å². The minimum Gasteiger partial charge on any atom is -0.329 e. The van der Waals surface area contributed by atoms with Gasteiger partial charge >= 0.3 is 0 Å². The maximum absolute atomic E-state index is 11.2. The molecule has 96 valence electrons. The lowest BCUT2D eigenvalue weighted by atomic mass is 10.2. The summed E-state index contributed by atoms with van der Waals surface area (Å²) in [4.78, 5) is 3.94. The number of aryl methyl sites for hydroxylation is 1. The number of halogens is 2. The molecule has 0 amide bonds. The van der Waals surface area contributed by atoms with Gasteiger partial charge in [0.05, 0.1) is 0 Å². The highest BCUT2D eigenvalue weighted by Gasteiger charge is 2.16. The predicted octanol–water partition coefficient (Wildman–Crippen LogP) is 2.93. The van der Waals surface area contributed by atoms with Gasteiger partial charge in [-0.25, -0.2) is 13.4 Å². The SMILES string of the molecule is Cc1nc(S(=O)(=O)Cl)cn1Cc1ccccc1Br. The number of hydrogen-bond acceptors (Lipinski definition) is 3. The van der Waals surface area contributed by atoms with Crippen LogP contribution in [0.25, 0.3) is 0 Å². The Labute approximate surface area is 118 Å². The Hall–Kier alpha value is -0.850.